The van der Waals surface area contributed by atoms with E-state index in [0.717, 1.165) is 0 Å². The van der Waals surface area contributed by atoms with Gasteiger partial charge in [0.1, 0.15) is 0 Å². The Bertz CT molecular complexity index is 598. The monoisotopic (exact) mass is 462 g/mol. The van der Waals surface area contributed by atoms with Crippen LogP contribution in [0.15, 0.2) is 0 Å². The molecule has 1 fully saturated rings. The van der Waals surface area contributed by atoms with Crippen LogP contribution in [0, 0.1) is 0 Å². The lowest BCUT2D eigenvalue weighted by Crippen LogP contribution is -2.74. The van der Waals surface area contributed by atoms with Crippen LogP contribution >= 0.6 is 0 Å². The molecular weight excluding hydrogens is 459 g/mol. The number of hydrogen-bond donors (Lipinski definition) is 0. The molecule has 0 radical (unpaired) electrons. The molecule has 0 unspecified atom stereocenters. The lowest BCUT2D eigenvalue weighted by molar-refractivity contribution is -0.462. The molecule has 28 heavy (non-hydrogen) atoms. The average molecular weight is 462 g/mol. The summed E-state index contributed by atoms with van der Waals surface area (Å²) in [5.74, 6) is -56.0. The van der Waals surface area contributed by atoms with Crippen molar-refractivity contribution in [3.05, 3.63) is 0 Å². The van der Waals surface area contributed by atoms with E-state index in [0.29, 0.717) is 0 Å². The van der Waals surface area contributed by atoms with Gasteiger partial charge in [-0.2, -0.15) is 74.6 Å². The molecular formula is C10H3F17O. The number of epoxide rings is 1. The second kappa shape index (κ2) is 5.90. The highest BCUT2D eigenvalue weighted by molar-refractivity contribution is 5.16. The Hall–Kier alpha value is -1.23. The van der Waals surface area contributed by atoms with Crippen molar-refractivity contribution < 1.29 is 79.4 Å². The molecule has 0 amide bonds. The van der Waals surface area contributed by atoms with Gasteiger partial charge in [0.05, 0.1) is 6.61 Å². The largest absolute Gasteiger partial charge is 0.460 e. The third-order valence-electron chi connectivity index (χ3n) is 3.48. The van der Waals surface area contributed by atoms with E-state index in [-0.39, 0.29) is 0 Å². The van der Waals surface area contributed by atoms with Gasteiger partial charge in [-0.15, -0.1) is 0 Å². The first kappa shape index (κ1) is 24.8. The normalized spacial score (nSPS) is 21.1. The molecule has 0 aromatic carbocycles. The lowest BCUT2D eigenvalue weighted by Gasteiger charge is -2.42. The highest BCUT2D eigenvalue weighted by Crippen LogP contribution is 2.64. The van der Waals surface area contributed by atoms with Gasteiger partial charge in [0.25, 0.3) is 0 Å². The molecule has 1 aliphatic heterocycles. The summed E-state index contributed by atoms with van der Waals surface area (Å²) in [5, 5.41) is 0. The standard InChI is InChI=1S/C10H3F17O/c11-3(12,2-1-28-2)4(13,14)5(15,16)6(17,18)7(19,20)8(21,22)9(23,24)10(25,26)27/h2H,1H2/t2-/m0/s1. The Morgan fingerprint density at radius 3 is 0.929 bits per heavy atom. The van der Waals surface area contributed by atoms with E-state index >= 15 is 0 Å². The van der Waals surface area contributed by atoms with Gasteiger partial charge in [-0.25, -0.2) is 0 Å². The zero-order valence-corrected chi connectivity index (χ0v) is 12.1. The topological polar surface area (TPSA) is 12.5 Å². The molecule has 1 saturated heterocycles. The minimum absolute atomic E-state index is 1.50. The summed E-state index contributed by atoms with van der Waals surface area (Å²) in [6.45, 7) is -1.50. The zero-order valence-electron chi connectivity index (χ0n) is 12.1. The van der Waals surface area contributed by atoms with Crippen molar-refractivity contribution in [1.82, 2.24) is 0 Å². The van der Waals surface area contributed by atoms with E-state index in [9.17, 15) is 74.6 Å². The van der Waals surface area contributed by atoms with Crippen molar-refractivity contribution in [3.63, 3.8) is 0 Å². The summed E-state index contributed by atoms with van der Waals surface area (Å²) in [7, 11) is 0. The van der Waals surface area contributed by atoms with Gasteiger partial charge >= 0.3 is 47.6 Å². The minimum atomic E-state index is -8.59. The van der Waals surface area contributed by atoms with Gasteiger partial charge in [0.15, 0.2) is 6.10 Å². The molecule has 1 heterocycles. The molecule has 0 bridgehead atoms. The molecule has 0 saturated carbocycles. The molecule has 0 aromatic rings. The number of halogens is 17. The number of ether oxygens (including phenoxy) is 1. The van der Waals surface area contributed by atoms with E-state index in [4.69, 9.17) is 0 Å². The Morgan fingerprint density at radius 2 is 0.679 bits per heavy atom. The van der Waals surface area contributed by atoms with Crippen molar-refractivity contribution in [3.8, 4) is 0 Å². The van der Waals surface area contributed by atoms with Crippen molar-refractivity contribution in [1.29, 1.82) is 0 Å². The second-order valence-electron chi connectivity index (χ2n) is 5.39. The van der Waals surface area contributed by atoms with E-state index in [1.54, 1.807) is 0 Å². The van der Waals surface area contributed by atoms with E-state index < -0.39 is 60.3 Å². The first-order chi connectivity index (χ1) is 11.9. The summed E-state index contributed by atoms with van der Waals surface area (Å²) in [5.41, 5.74) is 0. The Kier molecular flexibility index (Phi) is 5.23. The second-order valence-corrected chi connectivity index (χ2v) is 5.39. The Morgan fingerprint density at radius 1 is 0.429 bits per heavy atom. The van der Waals surface area contributed by atoms with Gasteiger partial charge in [0, 0.05) is 0 Å². The first-order valence-electron chi connectivity index (χ1n) is 6.18. The fraction of sp³-hybridized carbons (Fsp3) is 1.00. The quantitative estimate of drug-likeness (QED) is 0.365. The number of hydrogen-bond acceptors (Lipinski definition) is 1. The maximum atomic E-state index is 13.2. The number of rotatable bonds is 7. The Labute approximate surface area is 141 Å². The van der Waals surface area contributed by atoms with Crippen LogP contribution in [-0.2, 0) is 4.74 Å². The van der Waals surface area contributed by atoms with Gasteiger partial charge < -0.3 is 4.74 Å². The van der Waals surface area contributed by atoms with Gasteiger partial charge in [-0.1, -0.05) is 0 Å². The molecule has 168 valence electrons. The van der Waals surface area contributed by atoms with Gasteiger partial charge in [-0.3, -0.25) is 0 Å². The molecule has 1 aliphatic rings. The predicted molar refractivity (Wildman–Crippen MR) is 50.4 cm³/mol. The van der Waals surface area contributed by atoms with Gasteiger partial charge in [-0.05, 0) is 0 Å². The summed E-state index contributed by atoms with van der Waals surface area (Å²) in [4.78, 5) is 0. The molecule has 0 spiro atoms. The molecule has 18 heteroatoms. The number of alkyl halides is 17. The van der Waals surface area contributed by atoms with Crippen molar-refractivity contribution in [2.45, 2.75) is 53.7 Å². The van der Waals surface area contributed by atoms with E-state index in [2.05, 4.69) is 4.74 Å². The first-order valence-corrected chi connectivity index (χ1v) is 6.18. The fourth-order valence-electron chi connectivity index (χ4n) is 1.64. The van der Waals surface area contributed by atoms with Crippen LogP contribution in [0.4, 0.5) is 74.6 Å². The molecule has 1 rings (SSSR count). The summed E-state index contributed by atoms with van der Waals surface area (Å²) >= 11 is 0. The molecule has 0 N–H and O–H groups in total. The zero-order chi connectivity index (χ0) is 23.0. The maximum absolute atomic E-state index is 13.2. The third-order valence-corrected chi connectivity index (χ3v) is 3.48. The van der Waals surface area contributed by atoms with Crippen molar-refractivity contribution in [2.75, 3.05) is 6.61 Å². The SMILES string of the molecule is FC(F)(F)C(F)(F)C(F)(F)C(F)(F)C(F)(F)C(F)(F)C(F)(F)C(F)(F)[C@@H]1CO1. The smallest absolute Gasteiger partial charge is 0.366 e. The van der Waals surface area contributed by atoms with Crippen molar-refractivity contribution in [2.24, 2.45) is 0 Å². The lowest BCUT2D eigenvalue weighted by atomic mass is 9.88. The predicted octanol–water partition coefficient (Wildman–Crippen LogP) is 5.39. The Balaban J connectivity index is 3.57. The van der Waals surface area contributed by atoms with Crippen LogP contribution in [0.5, 0.6) is 0 Å². The highest BCUT2D eigenvalue weighted by atomic mass is 19.4. The molecule has 0 aliphatic carbocycles. The van der Waals surface area contributed by atoms with Crippen LogP contribution in [0.2, 0.25) is 0 Å². The summed E-state index contributed by atoms with van der Waals surface area (Å²) < 4.78 is 221. The summed E-state index contributed by atoms with van der Waals surface area (Å²) in [6, 6.07) is 0. The van der Waals surface area contributed by atoms with Crippen molar-refractivity contribution >= 4 is 0 Å². The van der Waals surface area contributed by atoms with Crippen LogP contribution in [0.1, 0.15) is 0 Å². The van der Waals surface area contributed by atoms with Crippen LogP contribution < -0.4 is 0 Å². The highest BCUT2D eigenvalue weighted by Gasteiger charge is 2.95. The average Bonchev–Trinajstić information content (AvgIpc) is 3.29. The molecule has 1 nitrogen and oxygen atoms in total. The molecule has 0 aromatic heterocycles. The molecule has 1 atom stereocenters. The van der Waals surface area contributed by atoms with Gasteiger partial charge in [0.2, 0.25) is 0 Å². The van der Waals surface area contributed by atoms with E-state index in [1.165, 1.54) is 0 Å². The third kappa shape index (κ3) is 2.79. The van der Waals surface area contributed by atoms with Crippen LogP contribution in [0.3, 0.4) is 0 Å². The fourth-order valence-corrected chi connectivity index (χ4v) is 1.64. The minimum Gasteiger partial charge on any atom is -0.366 e. The van der Waals surface area contributed by atoms with Crippen LogP contribution in [0.25, 0.3) is 0 Å². The van der Waals surface area contributed by atoms with E-state index in [1.807, 2.05) is 0 Å². The summed E-state index contributed by atoms with van der Waals surface area (Å²) in [6.07, 6.45) is -11.0. The maximum Gasteiger partial charge on any atom is 0.460 e. The van der Waals surface area contributed by atoms with Crippen LogP contribution in [-0.4, -0.2) is 60.3 Å².